The molecule has 124 valence electrons. The van der Waals surface area contributed by atoms with Crippen LogP contribution in [0.25, 0.3) is 0 Å². The molecular formula is C16H20FN3O3. The summed E-state index contributed by atoms with van der Waals surface area (Å²) in [4.78, 5) is 25.8. The number of nitrogens with one attached hydrogen (secondary N) is 2. The topological polar surface area (TPSA) is 70.7 Å². The number of halogens is 1. The molecule has 3 atom stereocenters. The molecular weight excluding hydrogens is 301 g/mol. The van der Waals surface area contributed by atoms with E-state index in [1.165, 1.54) is 12.1 Å². The number of rotatable bonds is 3. The Bertz CT molecular complexity index is 610. The summed E-state index contributed by atoms with van der Waals surface area (Å²) < 4.78 is 18.9. The van der Waals surface area contributed by atoms with E-state index in [0.29, 0.717) is 25.1 Å². The van der Waals surface area contributed by atoms with Crippen molar-refractivity contribution in [1.82, 2.24) is 15.5 Å². The average molecular weight is 321 g/mol. The van der Waals surface area contributed by atoms with Gasteiger partial charge < -0.3 is 20.3 Å². The summed E-state index contributed by atoms with van der Waals surface area (Å²) in [6.45, 7) is 1.13. The minimum absolute atomic E-state index is 0.0421. The van der Waals surface area contributed by atoms with E-state index in [1.807, 2.05) is 0 Å². The Hall–Kier alpha value is -2.15. The van der Waals surface area contributed by atoms with Crippen LogP contribution in [0.3, 0.4) is 0 Å². The lowest BCUT2D eigenvalue weighted by Gasteiger charge is -2.32. The number of carbonyl (C=O) groups excluding carboxylic acids is 2. The van der Waals surface area contributed by atoms with Crippen LogP contribution in [0.15, 0.2) is 24.3 Å². The second-order valence-corrected chi connectivity index (χ2v) is 5.95. The summed E-state index contributed by atoms with van der Waals surface area (Å²) in [6.07, 6.45) is 0.280. The number of urea groups is 1. The fraction of sp³-hybridized carbons (Fsp3) is 0.500. The number of amides is 3. The first kappa shape index (κ1) is 15.7. The standard InChI is InChI=1S/C16H20FN3O3/c1-18-15(21)13-6-12-8-20(9-14(13)23-12)16(22)19-7-10-3-2-4-11(17)5-10/h2-5,12-14H,6-9H2,1H3,(H,18,21)(H,19,22)/t12-,13+,14-/m1/s1. The predicted octanol–water partition coefficient (Wildman–Crippen LogP) is 0.871. The van der Waals surface area contributed by atoms with Crippen molar-refractivity contribution in [2.45, 2.75) is 25.2 Å². The van der Waals surface area contributed by atoms with E-state index in [4.69, 9.17) is 4.74 Å². The lowest BCUT2D eigenvalue weighted by Crippen LogP contribution is -2.51. The first-order valence-electron chi connectivity index (χ1n) is 7.71. The van der Waals surface area contributed by atoms with Gasteiger partial charge in [-0.25, -0.2) is 9.18 Å². The Morgan fingerprint density at radius 1 is 1.39 bits per heavy atom. The zero-order valence-electron chi connectivity index (χ0n) is 12.9. The van der Waals surface area contributed by atoms with Gasteiger partial charge in [0.1, 0.15) is 5.82 Å². The van der Waals surface area contributed by atoms with Gasteiger partial charge in [-0.15, -0.1) is 0 Å². The number of carbonyl (C=O) groups is 2. The Morgan fingerprint density at radius 2 is 2.22 bits per heavy atom. The minimum atomic E-state index is -0.324. The molecule has 0 aromatic heterocycles. The van der Waals surface area contributed by atoms with Crippen LogP contribution >= 0.6 is 0 Å². The largest absolute Gasteiger partial charge is 0.370 e. The van der Waals surface area contributed by atoms with E-state index < -0.39 is 0 Å². The van der Waals surface area contributed by atoms with Gasteiger partial charge in [0, 0.05) is 26.7 Å². The second kappa shape index (κ2) is 6.54. The molecule has 0 saturated carbocycles. The number of ether oxygens (including phenoxy) is 1. The molecule has 2 N–H and O–H groups in total. The molecule has 7 heteroatoms. The second-order valence-electron chi connectivity index (χ2n) is 5.95. The van der Waals surface area contributed by atoms with Gasteiger partial charge in [0.25, 0.3) is 0 Å². The Morgan fingerprint density at radius 3 is 2.96 bits per heavy atom. The molecule has 1 aromatic carbocycles. The maximum absolute atomic E-state index is 13.1. The number of benzene rings is 1. The number of likely N-dealkylation sites (tertiary alicyclic amines) is 1. The molecule has 2 bridgehead atoms. The van der Waals surface area contributed by atoms with Gasteiger partial charge in [-0.05, 0) is 24.1 Å². The van der Waals surface area contributed by atoms with Gasteiger partial charge in [-0.3, -0.25) is 4.79 Å². The van der Waals surface area contributed by atoms with Crippen LogP contribution in [0.2, 0.25) is 0 Å². The molecule has 2 fully saturated rings. The molecule has 0 unspecified atom stereocenters. The fourth-order valence-electron chi connectivity index (χ4n) is 3.22. The minimum Gasteiger partial charge on any atom is -0.370 e. The predicted molar refractivity (Wildman–Crippen MR) is 81.0 cm³/mol. The third kappa shape index (κ3) is 3.44. The van der Waals surface area contributed by atoms with E-state index in [-0.39, 0.29) is 42.4 Å². The number of morpholine rings is 1. The van der Waals surface area contributed by atoms with Gasteiger partial charge in [0.2, 0.25) is 5.91 Å². The van der Waals surface area contributed by atoms with Gasteiger partial charge in [0.15, 0.2) is 0 Å². The molecule has 6 nitrogen and oxygen atoms in total. The van der Waals surface area contributed by atoms with Crippen molar-refractivity contribution in [2.24, 2.45) is 5.92 Å². The normalized spacial score (nSPS) is 26.0. The summed E-state index contributed by atoms with van der Waals surface area (Å²) in [5.41, 5.74) is 0.706. The summed E-state index contributed by atoms with van der Waals surface area (Å²) in [5.74, 6) is -0.569. The Balaban J connectivity index is 1.56. The van der Waals surface area contributed by atoms with Gasteiger partial charge in [0.05, 0.1) is 18.1 Å². The SMILES string of the molecule is CNC(=O)[C@H]1C[C@@H]2CN(C(=O)NCc3cccc(F)c3)C[C@H]1O2. The van der Waals surface area contributed by atoms with Crippen LogP contribution in [0.1, 0.15) is 12.0 Å². The number of hydrogen-bond acceptors (Lipinski definition) is 3. The highest BCUT2D eigenvalue weighted by molar-refractivity contribution is 5.80. The van der Waals surface area contributed by atoms with Gasteiger partial charge in [-0.2, -0.15) is 0 Å². The van der Waals surface area contributed by atoms with Crippen LogP contribution in [-0.2, 0) is 16.1 Å². The smallest absolute Gasteiger partial charge is 0.317 e. The van der Waals surface area contributed by atoms with Crippen LogP contribution in [0, 0.1) is 11.7 Å². The number of hydrogen-bond donors (Lipinski definition) is 2. The maximum Gasteiger partial charge on any atom is 0.317 e. The van der Waals surface area contributed by atoms with Crippen LogP contribution in [-0.4, -0.2) is 49.2 Å². The van der Waals surface area contributed by atoms with Crippen molar-refractivity contribution in [3.8, 4) is 0 Å². The quantitative estimate of drug-likeness (QED) is 0.868. The average Bonchev–Trinajstić information content (AvgIpc) is 2.86. The summed E-state index contributed by atoms with van der Waals surface area (Å²) in [6, 6.07) is 5.91. The van der Waals surface area contributed by atoms with Crippen LogP contribution in [0.4, 0.5) is 9.18 Å². The zero-order chi connectivity index (χ0) is 16.4. The first-order chi connectivity index (χ1) is 11.1. The first-order valence-corrected chi connectivity index (χ1v) is 7.71. The van der Waals surface area contributed by atoms with Gasteiger partial charge in [-0.1, -0.05) is 12.1 Å². The molecule has 0 spiro atoms. The van der Waals surface area contributed by atoms with E-state index in [2.05, 4.69) is 10.6 Å². The third-order valence-electron chi connectivity index (χ3n) is 4.36. The van der Waals surface area contributed by atoms with Crippen LogP contribution in [0.5, 0.6) is 0 Å². The summed E-state index contributed by atoms with van der Waals surface area (Å²) in [5, 5.41) is 5.43. The zero-order valence-corrected chi connectivity index (χ0v) is 12.9. The molecule has 3 rings (SSSR count). The van der Waals surface area contributed by atoms with E-state index in [0.717, 1.165) is 0 Å². The molecule has 2 aliphatic rings. The molecule has 2 aliphatic heterocycles. The van der Waals surface area contributed by atoms with Crippen molar-refractivity contribution >= 4 is 11.9 Å². The van der Waals surface area contributed by atoms with Crippen LogP contribution < -0.4 is 10.6 Å². The maximum atomic E-state index is 13.1. The van der Waals surface area contributed by atoms with E-state index in [9.17, 15) is 14.0 Å². The van der Waals surface area contributed by atoms with Crippen molar-refractivity contribution < 1.29 is 18.7 Å². The highest BCUT2D eigenvalue weighted by Gasteiger charge is 2.45. The molecule has 2 saturated heterocycles. The summed E-state index contributed by atoms with van der Waals surface area (Å²) >= 11 is 0. The lowest BCUT2D eigenvalue weighted by molar-refractivity contribution is -0.127. The molecule has 3 amide bonds. The summed E-state index contributed by atoms with van der Waals surface area (Å²) in [7, 11) is 1.61. The van der Waals surface area contributed by atoms with Crippen molar-refractivity contribution in [3.05, 3.63) is 35.6 Å². The van der Waals surface area contributed by atoms with Gasteiger partial charge >= 0.3 is 6.03 Å². The van der Waals surface area contributed by atoms with Crippen molar-refractivity contribution in [3.63, 3.8) is 0 Å². The molecule has 0 aliphatic carbocycles. The Kier molecular flexibility index (Phi) is 4.47. The Labute approximate surface area is 134 Å². The fourth-order valence-corrected chi connectivity index (χ4v) is 3.22. The highest BCUT2D eigenvalue weighted by atomic mass is 19.1. The van der Waals surface area contributed by atoms with Crippen molar-refractivity contribution in [2.75, 3.05) is 20.1 Å². The highest BCUT2D eigenvalue weighted by Crippen LogP contribution is 2.32. The molecule has 23 heavy (non-hydrogen) atoms. The third-order valence-corrected chi connectivity index (χ3v) is 4.36. The molecule has 0 radical (unpaired) electrons. The van der Waals surface area contributed by atoms with Crippen molar-refractivity contribution in [1.29, 1.82) is 0 Å². The molecule has 1 aromatic rings. The van der Waals surface area contributed by atoms with E-state index in [1.54, 1.807) is 24.1 Å². The number of nitrogens with zero attached hydrogens (tertiary/aromatic N) is 1. The monoisotopic (exact) mass is 321 g/mol. The van der Waals surface area contributed by atoms with E-state index >= 15 is 0 Å². The molecule has 2 heterocycles. The lowest BCUT2D eigenvalue weighted by atomic mass is 10.00. The number of fused-ring (bicyclic) bond motifs is 2.